The number of halogens is 1. The maximum Gasteiger partial charge on any atom is 0.253 e. The van der Waals surface area contributed by atoms with Crippen LogP contribution in [0, 0.1) is 5.92 Å². The molecular formula is C13H18BrNO2. The van der Waals surface area contributed by atoms with Crippen LogP contribution >= 0.6 is 15.9 Å². The summed E-state index contributed by atoms with van der Waals surface area (Å²) in [5.74, 6) is 1.24. The lowest BCUT2D eigenvalue weighted by Gasteiger charge is -2.13. The van der Waals surface area contributed by atoms with E-state index in [1.54, 1.807) is 31.1 Å². The highest BCUT2D eigenvalue weighted by atomic mass is 79.9. The van der Waals surface area contributed by atoms with Gasteiger partial charge in [-0.15, -0.1) is 0 Å². The minimum absolute atomic E-state index is 0.0129. The second-order valence-electron chi connectivity index (χ2n) is 4.55. The van der Waals surface area contributed by atoms with Gasteiger partial charge in [-0.2, -0.15) is 0 Å². The van der Waals surface area contributed by atoms with E-state index in [1.165, 1.54) is 0 Å². The fourth-order valence-corrected chi connectivity index (χ4v) is 1.76. The summed E-state index contributed by atoms with van der Waals surface area (Å²) in [6.45, 7) is 4.86. The van der Waals surface area contributed by atoms with Crippen LogP contribution in [0.4, 0.5) is 0 Å². The van der Waals surface area contributed by atoms with Gasteiger partial charge in [-0.05, 0) is 40.0 Å². The third-order valence-corrected chi connectivity index (χ3v) is 2.78. The van der Waals surface area contributed by atoms with Crippen molar-refractivity contribution in [3.63, 3.8) is 0 Å². The Morgan fingerprint density at radius 1 is 1.41 bits per heavy atom. The number of nitrogens with zero attached hydrogens (tertiary/aromatic N) is 1. The summed E-state index contributed by atoms with van der Waals surface area (Å²) in [5.41, 5.74) is 0.652. The topological polar surface area (TPSA) is 29.5 Å². The smallest absolute Gasteiger partial charge is 0.253 e. The van der Waals surface area contributed by atoms with Crippen LogP contribution in [0.25, 0.3) is 0 Å². The average molecular weight is 300 g/mol. The maximum atomic E-state index is 11.7. The first-order valence-corrected chi connectivity index (χ1v) is 6.35. The van der Waals surface area contributed by atoms with Crippen LogP contribution in [0.3, 0.4) is 0 Å². The number of hydrogen-bond acceptors (Lipinski definition) is 2. The Bertz CT molecular complexity index is 402. The minimum Gasteiger partial charge on any atom is -0.492 e. The molecule has 0 aliphatic heterocycles. The molecule has 0 N–H and O–H groups in total. The number of ether oxygens (including phenoxy) is 1. The SMILES string of the molecule is CC(C)COc1ccc(C(=O)N(C)C)cc1Br. The fourth-order valence-electron chi connectivity index (χ4n) is 1.27. The Kier molecular flexibility index (Phi) is 5.00. The summed E-state index contributed by atoms with van der Waals surface area (Å²) in [4.78, 5) is 13.3. The van der Waals surface area contributed by atoms with Crippen molar-refractivity contribution < 1.29 is 9.53 Å². The molecule has 0 aliphatic carbocycles. The Morgan fingerprint density at radius 3 is 2.53 bits per heavy atom. The predicted molar refractivity (Wildman–Crippen MR) is 72.5 cm³/mol. The van der Waals surface area contributed by atoms with Crippen molar-refractivity contribution >= 4 is 21.8 Å². The van der Waals surface area contributed by atoms with Gasteiger partial charge in [0.05, 0.1) is 11.1 Å². The van der Waals surface area contributed by atoms with E-state index in [1.807, 2.05) is 6.07 Å². The zero-order valence-electron chi connectivity index (χ0n) is 10.7. The third-order valence-electron chi connectivity index (χ3n) is 2.16. The van der Waals surface area contributed by atoms with E-state index in [0.717, 1.165) is 10.2 Å². The summed E-state index contributed by atoms with van der Waals surface area (Å²) in [5, 5.41) is 0. The third kappa shape index (κ3) is 4.04. The highest BCUT2D eigenvalue weighted by Crippen LogP contribution is 2.26. The van der Waals surface area contributed by atoms with Gasteiger partial charge in [0.2, 0.25) is 0 Å². The van der Waals surface area contributed by atoms with E-state index < -0.39 is 0 Å². The molecule has 0 aromatic heterocycles. The molecule has 0 saturated carbocycles. The van der Waals surface area contributed by atoms with Crippen molar-refractivity contribution in [2.45, 2.75) is 13.8 Å². The lowest BCUT2D eigenvalue weighted by molar-refractivity contribution is 0.0827. The highest BCUT2D eigenvalue weighted by Gasteiger charge is 2.10. The summed E-state index contributed by atoms with van der Waals surface area (Å²) in [7, 11) is 3.47. The predicted octanol–water partition coefficient (Wildman–Crippen LogP) is 3.19. The van der Waals surface area contributed by atoms with Gasteiger partial charge in [-0.25, -0.2) is 0 Å². The molecular weight excluding hydrogens is 282 g/mol. The van der Waals surface area contributed by atoms with Gasteiger partial charge in [0, 0.05) is 19.7 Å². The van der Waals surface area contributed by atoms with Crippen LogP contribution in [0.15, 0.2) is 22.7 Å². The van der Waals surface area contributed by atoms with E-state index in [0.29, 0.717) is 18.1 Å². The van der Waals surface area contributed by atoms with Gasteiger partial charge in [0.25, 0.3) is 5.91 Å². The van der Waals surface area contributed by atoms with Crippen LogP contribution in [-0.4, -0.2) is 31.5 Å². The number of carbonyl (C=O) groups excluding carboxylic acids is 1. The molecule has 1 aromatic rings. The van der Waals surface area contributed by atoms with Gasteiger partial charge < -0.3 is 9.64 Å². The molecule has 0 fully saturated rings. The number of amides is 1. The van der Waals surface area contributed by atoms with E-state index in [9.17, 15) is 4.79 Å². The molecule has 3 nitrogen and oxygen atoms in total. The van der Waals surface area contributed by atoms with Gasteiger partial charge in [-0.1, -0.05) is 13.8 Å². The van der Waals surface area contributed by atoms with Crippen molar-refractivity contribution in [3.8, 4) is 5.75 Å². The number of carbonyl (C=O) groups is 1. The second-order valence-corrected chi connectivity index (χ2v) is 5.40. The summed E-state index contributed by atoms with van der Waals surface area (Å²) in [6.07, 6.45) is 0. The Labute approximate surface area is 111 Å². The van der Waals surface area contributed by atoms with Crippen LogP contribution in [0.1, 0.15) is 24.2 Å². The molecule has 0 radical (unpaired) electrons. The Balaban J connectivity index is 2.83. The van der Waals surface area contributed by atoms with E-state index in [-0.39, 0.29) is 5.91 Å². The monoisotopic (exact) mass is 299 g/mol. The minimum atomic E-state index is -0.0129. The summed E-state index contributed by atoms with van der Waals surface area (Å²) >= 11 is 3.42. The molecule has 94 valence electrons. The number of hydrogen-bond donors (Lipinski definition) is 0. The molecule has 17 heavy (non-hydrogen) atoms. The lowest BCUT2D eigenvalue weighted by Crippen LogP contribution is -2.21. The molecule has 0 atom stereocenters. The molecule has 0 unspecified atom stereocenters. The molecule has 0 heterocycles. The van der Waals surface area contributed by atoms with E-state index in [4.69, 9.17) is 4.74 Å². The average Bonchev–Trinajstić information content (AvgIpc) is 2.26. The number of benzene rings is 1. The molecule has 0 bridgehead atoms. The second kappa shape index (κ2) is 6.05. The van der Waals surface area contributed by atoms with Crippen molar-refractivity contribution in [2.24, 2.45) is 5.92 Å². The normalized spacial score (nSPS) is 10.5. The number of rotatable bonds is 4. The van der Waals surface area contributed by atoms with Gasteiger partial charge in [0.15, 0.2) is 0 Å². The first-order chi connectivity index (χ1) is 7.91. The first-order valence-electron chi connectivity index (χ1n) is 5.55. The van der Waals surface area contributed by atoms with Crippen molar-refractivity contribution in [1.82, 2.24) is 4.90 Å². The molecule has 0 saturated heterocycles. The Hall–Kier alpha value is -1.03. The van der Waals surface area contributed by atoms with Crippen molar-refractivity contribution in [1.29, 1.82) is 0 Å². The standard InChI is InChI=1S/C13H18BrNO2/c1-9(2)8-17-12-6-5-10(7-11(12)14)13(16)15(3)4/h5-7,9H,8H2,1-4H3. The fraction of sp³-hybridized carbons (Fsp3) is 0.462. The first kappa shape index (κ1) is 14.0. The van der Waals surface area contributed by atoms with Crippen LogP contribution in [0.2, 0.25) is 0 Å². The van der Waals surface area contributed by atoms with Gasteiger partial charge in [0.1, 0.15) is 5.75 Å². The largest absolute Gasteiger partial charge is 0.492 e. The van der Waals surface area contributed by atoms with Crippen molar-refractivity contribution in [3.05, 3.63) is 28.2 Å². The maximum absolute atomic E-state index is 11.7. The van der Waals surface area contributed by atoms with Crippen LogP contribution in [-0.2, 0) is 0 Å². The molecule has 0 spiro atoms. The molecule has 1 amide bonds. The van der Waals surface area contributed by atoms with E-state index >= 15 is 0 Å². The van der Waals surface area contributed by atoms with Gasteiger partial charge >= 0.3 is 0 Å². The molecule has 4 heteroatoms. The van der Waals surface area contributed by atoms with E-state index in [2.05, 4.69) is 29.8 Å². The zero-order chi connectivity index (χ0) is 13.0. The molecule has 1 rings (SSSR count). The molecule has 1 aromatic carbocycles. The highest BCUT2D eigenvalue weighted by molar-refractivity contribution is 9.10. The quantitative estimate of drug-likeness (QED) is 0.854. The summed E-state index contributed by atoms with van der Waals surface area (Å²) < 4.78 is 6.43. The Morgan fingerprint density at radius 2 is 2.06 bits per heavy atom. The molecule has 0 aliphatic rings. The van der Waals surface area contributed by atoms with Gasteiger partial charge in [-0.3, -0.25) is 4.79 Å². The van der Waals surface area contributed by atoms with Crippen LogP contribution in [0.5, 0.6) is 5.75 Å². The van der Waals surface area contributed by atoms with Crippen molar-refractivity contribution in [2.75, 3.05) is 20.7 Å². The van der Waals surface area contributed by atoms with Crippen LogP contribution < -0.4 is 4.74 Å². The zero-order valence-corrected chi connectivity index (χ0v) is 12.2. The lowest BCUT2D eigenvalue weighted by atomic mass is 10.2. The summed E-state index contributed by atoms with van der Waals surface area (Å²) in [6, 6.07) is 5.39.